The van der Waals surface area contributed by atoms with E-state index >= 15 is 0 Å². The second kappa shape index (κ2) is 16.0. The van der Waals surface area contributed by atoms with Gasteiger partial charge in [-0.25, -0.2) is 0 Å². The lowest BCUT2D eigenvalue weighted by molar-refractivity contribution is 0.488. The van der Waals surface area contributed by atoms with Gasteiger partial charge in [0, 0.05) is 22.3 Å². The minimum Gasteiger partial charge on any atom is -0.441 e. The van der Waals surface area contributed by atoms with Gasteiger partial charge in [-0.15, -0.1) is 0 Å². The molecule has 0 saturated heterocycles. The first-order chi connectivity index (χ1) is 24.9. The van der Waals surface area contributed by atoms with Crippen LogP contribution in [0.4, 0.5) is 0 Å². The third-order valence-corrected chi connectivity index (χ3v) is 10.1. The van der Waals surface area contributed by atoms with Crippen molar-refractivity contribution in [3.8, 4) is 56.4 Å². The van der Waals surface area contributed by atoms with Crippen molar-refractivity contribution in [2.24, 2.45) is 0 Å². The molecule has 0 aliphatic carbocycles. The van der Waals surface area contributed by atoms with Crippen LogP contribution < -0.4 is 18.1 Å². The fourth-order valence-corrected chi connectivity index (χ4v) is 7.35. The Morgan fingerprint density at radius 1 is 0.385 bits per heavy atom. The van der Waals surface area contributed by atoms with Crippen LogP contribution in [0.3, 0.4) is 0 Å². The van der Waals surface area contributed by atoms with E-state index in [1.54, 1.807) is 0 Å². The van der Waals surface area contributed by atoms with E-state index in [0.29, 0.717) is 0 Å². The molecule has 0 fully saturated rings. The van der Waals surface area contributed by atoms with Gasteiger partial charge in [0.15, 0.2) is 0 Å². The maximum absolute atomic E-state index is 6.69. The highest BCUT2D eigenvalue weighted by Gasteiger charge is 2.28. The number of rotatable bonds is 11. The van der Waals surface area contributed by atoms with Crippen molar-refractivity contribution in [1.29, 1.82) is 0 Å². The second-order valence-electron chi connectivity index (χ2n) is 15.2. The molecule has 0 radical (unpaired) electrons. The van der Waals surface area contributed by atoms with Crippen molar-refractivity contribution in [3.05, 3.63) is 156 Å². The first-order valence-electron chi connectivity index (χ1n) is 17.7. The summed E-state index contributed by atoms with van der Waals surface area (Å²) in [6.07, 6.45) is 0. The number of benzene rings is 6. The van der Waals surface area contributed by atoms with Crippen molar-refractivity contribution in [3.63, 3.8) is 0 Å². The molecule has 6 rings (SSSR count). The molecule has 2 atom stereocenters. The third-order valence-electron chi connectivity index (χ3n) is 8.90. The van der Waals surface area contributed by atoms with E-state index in [1.165, 1.54) is 11.1 Å². The van der Waals surface area contributed by atoms with E-state index in [9.17, 15) is 0 Å². The summed E-state index contributed by atoms with van der Waals surface area (Å²) < 4.78 is 25.8. The number of hydrogen-bond acceptors (Lipinski definition) is 4. The molecule has 266 valence electrons. The highest BCUT2D eigenvalue weighted by Crippen LogP contribution is 2.49. The van der Waals surface area contributed by atoms with Crippen LogP contribution in [0.25, 0.3) is 33.4 Å². The van der Waals surface area contributed by atoms with E-state index in [1.807, 2.05) is 60.7 Å². The van der Waals surface area contributed by atoms with E-state index in [0.717, 1.165) is 67.5 Å². The Balaban J connectivity index is 1.31. The van der Waals surface area contributed by atoms with Crippen LogP contribution >= 0.6 is 18.1 Å². The zero-order valence-corrected chi connectivity index (χ0v) is 33.3. The molecular weight excluding hydrogens is 678 g/mol. The zero-order valence-electron chi connectivity index (χ0n) is 31.3. The molecule has 2 unspecified atom stereocenters. The predicted octanol–water partition coefficient (Wildman–Crippen LogP) is 13.8. The van der Waals surface area contributed by atoms with Crippen molar-refractivity contribution in [2.75, 3.05) is 0 Å². The SMILES string of the molecule is Cc1cc(-c2cc(C)cc(C(C)(C)C)c2OPOc2ccc(-c3ccccc3)cc2)c(OPOc2ccc(-c3ccccc3)cc2)c(C(C)(C)C)c1. The molecule has 52 heavy (non-hydrogen) atoms. The summed E-state index contributed by atoms with van der Waals surface area (Å²) >= 11 is 0. The van der Waals surface area contributed by atoms with Crippen molar-refractivity contribution in [2.45, 2.75) is 66.2 Å². The summed E-state index contributed by atoms with van der Waals surface area (Å²) in [6, 6.07) is 45.9. The van der Waals surface area contributed by atoms with E-state index < -0.39 is 0 Å². The summed E-state index contributed by atoms with van der Waals surface area (Å²) in [7, 11) is -0.498. The Hall–Kier alpha value is -4.62. The van der Waals surface area contributed by atoms with Gasteiger partial charge in [0.25, 0.3) is 18.1 Å². The Kier molecular flexibility index (Phi) is 11.4. The molecule has 6 aromatic carbocycles. The molecule has 4 nitrogen and oxygen atoms in total. The summed E-state index contributed by atoms with van der Waals surface area (Å²) in [6.45, 7) is 17.6. The maximum Gasteiger partial charge on any atom is 0.275 e. The van der Waals surface area contributed by atoms with Crippen LogP contribution in [-0.4, -0.2) is 0 Å². The van der Waals surface area contributed by atoms with E-state index in [4.69, 9.17) is 18.1 Å². The van der Waals surface area contributed by atoms with Gasteiger partial charge >= 0.3 is 0 Å². The van der Waals surface area contributed by atoms with Crippen LogP contribution in [-0.2, 0) is 10.8 Å². The van der Waals surface area contributed by atoms with Crippen molar-refractivity contribution < 1.29 is 18.1 Å². The van der Waals surface area contributed by atoms with Gasteiger partial charge in [0.1, 0.15) is 23.0 Å². The fraction of sp³-hybridized carbons (Fsp3) is 0.217. The largest absolute Gasteiger partial charge is 0.441 e. The van der Waals surface area contributed by atoms with Gasteiger partial charge in [0.2, 0.25) is 0 Å². The number of hydrogen-bond donors (Lipinski definition) is 0. The minimum atomic E-state index is -0.249. The molecule has 0 N–H and O–H groups in total. The van der Waals surface area contributed by atoms with Gasteiger partial charge in [-0.2, -0.15) is 0 Å². The average molecular weight is 727 g/mol. The molecule has 6 heteroatoms. The predicted molar refractivity (Wildman–Crippen MR) is 222 cm³/mol. The lowest BCUT2D eigenvalue weighted by atomic mass is 9.80. The molecule has 0 amide bonds. The minimum absolute atomic E-state index is 0.188. The molecule has 0 spiro atoms. The van der Waals surface area contributed by atoms with Gasteiger partial charge < -0.3 is 18.1 Å². The summed E-state index contributed by atoms with van der Waals surface area (Å²) in [4.78, 5) is 0. The monoisotopic (exact) mass is 726 g/mol. The van der Waals surface area contributed by atoms with Crippen LogP contribution in [0.1, 0.15) is 63.8 Å². The molecule has 0 heterocycles. The van der Waals surface area contributed by atoms with Gasteiger partial charge in [0.05, 0.1) is 0 Å². The Labute approximate surface area is 313 Å². The normalized spacial score (nSPS) is 12.1. The smallest absolute Gasteiger partial charge is 0.275 e. The van der Waals surface area contributed by atoms with Crippen molar-refractivity contribution in [1.82, 2.24) is 0 Å². The standard InChI is InChI=1S/C46H48O4P2/c1-31-27-39(43(41(29-31)45(3,4)5)49-51-47-37-23-19-35(20-24-37)33-15-11-9-12-16-33)40-28-32(2)30-42(46(6,7)8)44(40)50-52-48-38-25-21-36(22-26-38)34-17-13-10-14-18-34/h9-30,51-52H,1-8H3. The summed E-state index contributed by atoms with van der Waals surface area (Å²) in [5, 5.41) is 0. The van der Waals surface area contributed by atoms with Crippen LogP contribution in [0.2, 0.25) is 0 Å². The Morgan fingerprint density at radius 3 is 1.04 bits per heavy atom. The Morgan fingerprint density at radius 2 is 0.712 bits per heavy atom. The molecule has 0 bridgehead atoms. The zero-order chi connectivity index (χ0) is 36.9. The highest BCUT2D eigenvalue weighted by atomic mass is 31.1. The summed E-state index contributed by atoms with van der Waals surface area (Å²) in [5.74, 6) is 3.12. The van der Waals surface area contributed by atoms with Crippen LogP contribution in [0.5, 0.6) is 23.0 Å². The average Bonchev–Trinajstić information content (AvgIpc) is 3.13. The lowest BCUT2D eigenvalue weighted by Gasteiger charge is -2.28. The fourth-order valence-electron chi connectivity index (χ4n) is 6.19. The van der Waals surface area contributed by atoms with E-state index in [2.05, 4.69) is 128 Å². The molecule has 0 saturated carbocycles. The Bertz CT molecular complexity index is 1940. The highest BCUT2D eigenvalue weighted by molar-refractivity contribution is 7.27. The quantitative estimate of drug-likeness (QED) is 0.125. The second-order valence-corrected chi connectivity index (χ2v) is 16.4. The third kappa shape index (κ3) is 9.05. The summed E-state index contributed by atoms with van der Waals surface area (Å²) in [5.41, 5.74) is 10.7. The topological polar surface area (TPSA) is 36.9 Å². The number of aryl methyl sites for hydroxylation is 2. The van der Waals surface area contributed by atoms with Gasteiger partial charge in [-0.1, -0.05) is 139 Å². The lowest BCUT2D eigenvalue weighted by Crippen LogP contribution is -2.15. The molecular formula is C46H48O4P2. The molecule has 6 aromatic rings. The molecule has 0 aromatic heterocycles. The van der Waals surface area contributed by atoms with Gasteiger partial charge in [-0.3, -0.25) is 0 Å². The molecule has 0 aliphatic rings. The molecule has 0 aliphatic heterocycles. The van der Waals surface area contributed by atoms with E-state index in [-0.39, 0.29) is 28.9 Å². The van der Waals surface area contributed by atoms with Crippen LogP contribution in [0.15, 0.2) is 133 Å². The first-order valence-corrected chi connectivity index (χ1v) is 19.3. The first kappa shape index (κ1) is 37.1. The van der Waals surface area contributed by atoms with Crippen LogP contribution in [0, 0.1) is 13.8 Å². The van der Waals surface area contributed by atoms with Gasteiger partial charge in [-0.05, 0) is 94.5 Å². The van der Waals surface area contributed by atoms with Crippen molar-refractivity contribution >= 4 is 18.1 Å². The maximum atomic E-state index is 6.69.